The van der Waals surface area contributed by atoms with Crippen LogP contribution in [0.15, 0.2) is 47.1 Å². The second kappa shape index (κ2) is 5.43. The molecule has 0 saturated heterocycles. The molecule has 1 saturated carbocycles. The van der Waals surface area contributed by atoms with Crippen LogP contribution in [0, 0.1) is 5.92 Å². The standard InChI is InChI=1S/C18H14Cl2O3/c19-18(20)8-13(18)10-23-16(21)7-12-9-22-15-6-5-11-3-1-2-4-14(11)17(12)15/h1-6,9,13H,7-8,10H2/t13-/m1/s1. The van der Waals surface area contributed by atoms with E-state index in [-0.39, 0.29) is 24.9 Å². The van der Waals surface area contributed by atoms with Crippen LogP contribution in [0.2, 0.25) is 0 Å². The van der Waals surface area contributed by atoms with E-state index in [1.807, 2.05) is 36.4 Å². The average molecular weight is 349 g/mol. The van der Waals surface area contributed by atoms with E-state index in [0.29, 0.717) is 6.42 Å². The van der Waals surface area contributed by atoms with Gasteiger partial charge >= 0.3 is 5.97 Å². The molecule has 1 aliphatic rings. The van der Waals surface area contributed by atoms with Gasteiger partial charge in [0.2, 0.25) is 0 Å². The molecule has 118 valence electrons. The van der Waals surface area contributed by atoms with E-state index in [9.17, 15) is 4.79 Å². The number of carbonyl (C=O) groups excluding carboxylic acids is 1. The summed E-state index contributed by atoms with van der Waals surface area (Å²) in [5.74, 6) is -0.256. The van der Waals surface area contributed by atoms with Gasteiger partial charge in [0.15, 0.2) is 0 Å². The number of esters is 1. The maximum Gasteiger partial charge on any atom is 0.310 e. The molecule has 3 nitrogen and oxygen atoms in total. The van der Waals surface area contributed by atoms with E-state index in [2.05, 4.69) is 0 Å². The lowest BCUT2D eigenvalue weighted by molar-refractivity contribution is -0.143. The molecule has 0 aliphatic heterocycles. The van der Waals surface area contributed by atoms with Crippen LogP contribution >= 0.6 is 23.2 Å². The molecule has 0 unspecified atom stereocenters. The van der Waals surface area contributed by atoms with Crippen LogP contribution in [0.4, 0.5) is 0 Å². The molecule has 5 heteroatoms. The Bertz CT molecular complexity index is 898. The van der Waals surface area contributed by atoms with Crippen LogP contribution in [-0.2, 0) is 16.0 Å². The number of fused-ring (bicyclic) bond motifs is 3. The summed E-state index contributed by atoms with van der Waals surface area (Å²) in [7, 11) is 0. The summed E-state index contributed by atoms with van der Waals surface area (Å²) in [6.45, 7) is 0.266. The van der Waals surface area contributed by atoms with Crippen LogP contribution in [0.1, 0.15) is 12.0 Å². The Morgan fingerprint density at radius 2 is 2.04 bits per heavy atom. The zero-order valence-electron chi connectivity index (χ0n) is 12.2. The summed E-state index contributed by atoms with van der Waals surface area (Å²) >= 11 is 11.9. The summed E-state index contributed by atoms with van der Waals surface area (Å²) in [6, 6.07) is 12.0. The number of benzene rings is 2. The molecule has 3 aromatic rings. The SMILES string of the molecule is O=C(Cc1coc2ccc3ccccc3c12)OC[C@H]1CC1(Cl)Cl. The number of rotatable bonds is 4. The molecule has 2 aromatic carbocycles. The van der Waals surface area contributed by atoms with Gasteiger partial charge in [0.25, 0.3) is 0 Å². The van der Waals surface area contributed by atoms with E-state index in [1.165, 1.54) is 0 Å². The number of hydrogen-bond acceptors (Lipinski definition) is 3. The molecule has 1 atom stereocenters. The molecular formula is C18H14Cl2O3. The number of ether oxygens (including phenoxy) is 1. The number of furan rings is 1. The molecule has 1 aromatic heterocycles. The first kappa shape index (κ1) is 14.9. The zero-order chi connectivity index (χ0) is 16.0. The van der Waals surface area contributed by atoms with Gasteiger partial charge in [0, 0.05) is 16.9 Å². The van der Waals surface area contributed by atoms with Crippen molar-refractivity contribution < 1.29 is 13.9 Å². The van der Waals surface area contributed by atoms with Gasteiger partial charge in [-0.25, -0.2) is 0 Å². The fraction of sp³-hybridized carbons (Fsp3) is 0.278. The summed E-state index contributed by atoms with van der Waals surface area (Å²) in [6.07, 6.45) is 2.47. The summed E-state index contributed by atoms with van der Waals surface area (Å²) in [5, 5.41) is 3.16. The maximum absolute atomic E-state index is 12.1. The van der Waals surface area contributed by atoms with Gasteiger partial charge in [-0.2, -0.15) is 0 Å². The minimum absolute atomic E-state index is 0.0386. The highest BCUT2D eigenvalue weighted by molar-refractivity contribution is 6.50. The first-order valence-electron chi connectivity index (χ1n) is 7.46. The molecular weight excluding hydrogens is 335 g/mol. The van der Waals surface area contributed by atoms with Crippen molar-refractivity contribution in [1.82, 2.24) is 0 Å². The predicted octanol–water partition coefficient (Wildman–Crippen LogP) is 4.87. The molecule has 23 heavy (non-hydrogen) atoms. The van der Waals surface area contributed by atoms with Crippen molar-refractivity contribution in [1.29, 1.82) is 0 Å². The van der Waals surface area contributed by atoms with Crippen molar-refractivity contribution in [3.63, 3.8) is 0 Å². The van der Waals surface area contributed by atoms with Crippen molar-refractivity contribution in [2.24, 2.45) is 5.92 Å². The first-order chi connectivity index (χ1) is 11.0. The first-order valence-corrected chi connectivity index (χ1v) is 8.21. The van der Waals surface area contributed by atoms with E-state index in [0.717, 1.165) is 27.3 Å². The molecule has 1 fully saturated rings. The number of hydrogen-bond donors (Lipinski definition) is 0. The Balaban J connectivity index is 1.57. The van der Waals surface area contributed by atoms with Crippen molar-refractivity contribution >= 4 is 50.9 Å². The highest BCUT2D eigenvalue weighted by Gasteiger charge is 2.52. The van der Waals surface area contributed by atoms with Gasteiger partial charge in [-0.3, -0.25) is 4.79 Å². The van der Waals surface area contributed by atoms with Crippen molar-refractivity contribution in [3.05, 3.63) is 48.2 Å². The Kier molecular flexibility index (Phi) is 3.51. The molecule has 0 amide bonds. The smallest absolute Gasteiger partial charge is 0.310 e. The Morgan fingerprint density at radius 1 is 1.26 bits per heavy atom. The molecule has 0 bridgehead atoms. The van der Waals surface area contributed by atoms with Gasteiger partial charge < -0.3 is 9.15 Å². The van der Waals surface area contributed by atoms with Crippen molar-refractivity contribution in [3.8, 4) is 0 Å². The van der Waals surface area contributed by atoms with Crippen molar-refractivity contribution in [2.45, 2.75) is 17.2 Å². The van der Waals surface area contributed by atoms with E-state index in [4.69, 9.17) is 32.4 Å². The van der Waals surface area contributed by atoms with E-state index < -0.39 is 4.33 Å². The minimum atomic E-state index is -0.723. The fourth-order valence-electron chi connectivity index (χ4n) is 2.86. The highest BCUT2D eigenvalue weighted by atomic mass is 35.5. The third-order valence-electron chi connectivity index (χ3n) is 4.28. The third kappa shape index (κ3) is 2.79. The Morgan fingerprint density at radius 3 is 2.83 bits per heavy atom. The molecule has 0 N–H and O–H groups in total. The number of carbonyl (C=O) groups is 1. The van der Waals surface area contributed by atoms with Crippen molar-refractivity contribution in [2.75, 3.05) is 6.61 Å². The second-order valence-corrected chi connectivity index (χ2v) is 7.49. The third-order valence-corrected chi connectivity index (χ3v) is 5.20. The highest BCUT2D eigenvalue weighted by Crippen LogP contribution is 2.53. The van der Waals surface area contributed by atoms with Gasteiger partial charge in [0.1, 0.15) is 9.92 Å². The molecule has 1 heterocycles. The minimum Gasteiger partial charge on any atom is -0.465 e. The predicted molar refractivity (Wildman–Crippen MR) is 90.9 cm³/mol. The Hall–Kier alpha value is -1.71. The molecule has 0 radical (unpaired) electrons. The lowest BCUT2D eigenvalue weighted by atomic mass is 10.0. The quantitative estimate of drug-likeness (QED) is 0.499. The summed E-state index contributed by atoms with van der Waals surface area (Å²) in [5.41, 5.74) is 1.61. The average Bonchev–Trinajstić information content (AvgIpc) is 2.96. The molecule has 4 rings (SSSR count). The topological polar surface area (TPSA) is 39.4 Å². The maximum atomic E-state index is 12.1. The van der Waals surface area contributed by atoms with E-state index in [1.54, 1.807) is 6.26 Å². The number of halogens is 2. The zero-order valence-corrected chi connectivity index (χ0v) is 13.7. The van der Waals surface area contributed by atoms with Crippen LogP contribution in [0.3, 0.4) is 0 Å². The largest absolute Gasteiger partial charge is 0.465 e. The van der Waals surface area contributed by atoms with Gasteiger partial charge in [-0.1, -0.05) is 30.3 Å². The van der Waals surface area contributed by atoms with E-state index >= 15 is 0 Å². The number of alkyl halides is 2. The molecule has 0 spiro atoms. The van der Waals surface area contributed by atoms with Gasteiger partial charge in [-0.15, -0.1) is 23.2 Å². The lowest BCUT2D eigenvalue weighted by Gasteiger charge is -2.05. The molecule has 1 aliphatic carbocycles. The van der Waals surface area contributed by atoms with Gasteiger partial charge in [-0.05, 0) is 23.3 Å². The van der Waals surface area contributed by atoms with Crippen LogP contribution in [0.25, 0.3) is 21.7 Å². The van der Waals surface area contributed by atoms with Crippen LogP contribution < -0.4 is 0 Å². The normalized spacial score (nSPS) is 19.1. The Labute approximate surface area is 143 Å². The fourth-order valence-corrected chi connectivity index (χ4v) is 3.35. The monoisotopic (exact) mass is 348 g/mol. The summed E-state index contributed by atoms with van der Waals surface area (Å²) < 4.78 is 10.1. The van der Waals surface area contributed by atoms with Crippen LogP contribution in [-0.4, -0.2) is 16.9 Å². The van der Waals surface area contributed by atoms with Gasteiger partial charge in [0.05, 0.1) is 19.3 Å². The lowest BCUT2D eigenvalue weighted by Crippen LogP contribution is -2.11. The second-order valence-electron chi connectivity index (χ2n) is 5.94. The van der Waals surface area contributed by atoms with Crippen LogP contribution in [0.5, 0.6) is 0 Å². The summed E-state index contributed by atoms with van der Waals surface area (Å²) in [4.78, 5) is 12.1.